The van der Waals surface area contributed by atoms with Crippen LogP contribution in [0.2, 0.25) is 0 Å². The molecular formula is C16H20FN5O6S2. The van der Waals surface area contributed by atoms with Gasteiger partial charge in [0.15, 0.2) is 10.8 Å². The number of nitrogens with zero attached hydrogens (tertiary/aromatic N) is 3. The van der Waals surface area contributed by atoms with E-state index in [9.17, 15) is 19.5 Å². The van der Waals surface area contributed by atoms with Crippen LogP contribution >= 0.6 is 23.1 Å². The highest BCUT2D eigenvalue weighted by atomic mass is 32.2. The summed E-state index contributed by atoms with van der Waals surface area (Å²) in [5, 5.41) is 19.5. The molecule has 2 aliphatic rings. The topological polar surface area (TPSA) is 156 Å². The Morgan fingerprint density at radius 3 is 2.77 bits per heavy atom. The molecule has 4 N–H and O–H groups in total. The zero-order valence-electron chi connectivity index (χ0n) is 15.9. The number of hydrogen-bond acceptors (Lipinski definition) is 11. The quantitative estimate of drug-likeness (QED) is 0.287. The molecule has 164 valence electrons. The number of ether oxygens (including phenoxy) is 1. The van der Waals surface area contributed by atoms with Crippen LogP contribution < -0.4 is 11.1 Å². The molecule has 0 spiro atoms. The van der Waals surface area contributed by atoms with Crippen LogP contribution in [-0.4, -0.2) is 76.3 Å². The average Bonchev–Trinajstić information content (AvgIpc) is 3.07. The number of carbonyl (C=O) groups excluding carboxylic acids is 2. The van der Waals surface area contributed by atoms with Crippen LogP contribution in [0.5, 0.6) is 0 Å². The Labute approximate surface area is 178 Å². The van der Waals surface area contributed by atoms with E-state index in [1.807, 2.05) is 0 Å². The lowest BCUT2D eigenvalue weighted by atomic mass is 9.99. The number of halogens is 1. The molecule has 0 aliphatic carbocycles. The summed E-state index contributed by atoms with van der Waals surface area (Å²) in [7, 11) is 1.32. The summed E-state index contributed by atoms with van der Waals surface area (Å²) in [6.45, 7) is 1.49. The lowest BCUT2D eigenvalue weighted by Gasteiger charge is -2.52. The van der Waals surface area contributed by atoms with Gasteiger partial charge in [-0.3, -0.25) is 24.0 Å². The van der Waals surface area contributed by atoms with Gasteiger partial charge >= 0.3 is 11.9 Å². The number of nitrogen functional groups attached to an aromatic ring is 1. The molecule has 0 bridgehead atoms. The second kappa shape index (κ2) is 9.86. The molecule has 1 saturated heterocycles. The normalized spacial score (nSPS) is 23.2. The van der Waals surface area contributed by atoms with E-state index in [2.05, 4.69) is 15.5 Å². The number of amides is 1. The average molecular weight is 461 g/mol. The predicted octanol–water partition coefficient (Wildman–Crippen LogP) is 0.00180. The Bertz CT molecular complexity index is 891. The zero-order valence-corrected chi connectivity index (χ0v) is 17.6. The van der Waals surface area contributed by atoms with Crippen molar-refractivity contribution in [2.45, 2.75) is 24.4 Å². The minimum atomic E-state index is -1.04. The SMILES string of the molecule is CO/N=C(/C(=O)N[C@@H]1CN2C(C(=O)O)C(COC(C)=O)=CS[C@H]12)c1csc(N)n1.F. The number of nitrogens with one attached hydrogen (secondary N) is 1. The second-order valence-electron chi connectivity index (χ2n) is 6.21. The number of thiazole rings is 1. The van der Waals surface area contributed by atoms with E-state index in [0.29, 0.717) is 22.9 Å². The van der Waals surface area contributed by atoms with Crippen molar-refractivity contribution in [3.63, 3.8) is 0 Å². The van der Waals surface area contributed by atoms with Gasteiger partial charge in [-0.05, 0) is 5.41 Å². The largest absolute Gasteiger partial charge is 0.480 e. The van der Waals surface area contributed by atoms with Gasteiger partial charge in [0.25, 0.3) is 5.91 Å². The lowest BCUT2D eigenvalue weighted by Crippen LogP contribution is -2.70. The third-order valence-electron chi connectivity index (χ3n) is 4.28. The fourth-order valence-corrected chi connectivity index (χ4v) is 4.79. The van der Waals surface area contributed by atoms with E-state index in [-0.39, 0.29) is 28.4 Å². The maximum atomic E-state index is 12.7. The number of anilines is 1. The number of hydrogen-bond donors (Lipinski definition) is 3. The Kier molecular flexibility index (Phi) is 7.75. The molecular weight excluding hydrogens is 441 g/mol. The summed E-state index contributed by atoms with van der Waals surface area (Å²) in [4.78, 5) is 45.9. The van der Waals surface area contributed by atoms with Gasteiger partial charge in [-0.15, -0.1) is 23.1 Å². The Morgan fingerprint density at radius 1 is 1.47 bits per heavy atom. The number of aliphatic carboxylic acids is 1. The Morgan fingerprint density at radius 2 is 2.20 bits per heavy atom. The van der Waals surface area contributed by atoms with Crippen LogP contribution in [0.25, 0.3) is 0 Å². The third-order valence-corrected chi connectivity index (χ3v) is 6.27. The van der Waals surface area contributed by atoms with Crippen LogP contribution in [0.3, 0.4) is 0 Å². The molecule has 3 atom stereocenters. The first kappa shape index (κ1) is 23.6. The number of carboxylic acids is 1. The van der Waals surface area contributed by atoms with Crippen molar-refractivity contribution in [2.24, 2.45) is 5.16 Å². The van der Waals surface area contributed by atoms with Gasteiger partial charge in [0.05, 0.1) is 11.4 Å². The van der Waals surface area contributed by atoms with Gasteiger partial charge in [-0.1, -0.05) is 5.16 Å². The van der Waals surface area contributed by atoms with Crippen molar-refractivity contribution in [2.75, 3.05) is 26.0 Å². The number of oxime groups is 1. The van der Waals surface area contributed by atoms with Gasteiger partial charge in [0.2, 0.25) is 0 Å². The highest BCUT2D eigenvalue weighted by molar-refractivity contribution is 8.02. The fourth-order valence-electron chi connectivity index (χ4n) is 3.02. The number of aromatic nitrogens is 1. The number of esters is 1. The molecule has 0 saturated carbocycles. The van der Waals surface area contributed by atoms with Gasteiger partial charge in [-0.2, -0.15) is 0 Å². The summed E-state index contributed by atoms with van der Waals surface area (Å²) in [6.07, 6.45) is 0. The number of thioether (sulfide) groups is 1. The highest BCUT2D eigenvalue weighted by Crippen LogP contribution is 2.39. The van der Waals surface area contributed by atoms with Crippen molar-refractivity contribution >= 4 is 51.8 Å². The molecule has 3 rings (SSSR count). The standard InChI is InChI=1S/C16H19N5O6S2.FH/c1-7(22)27-4-8-5-28-14-9(3-21(14)12(8)15(24)25)18-13(23)11(20-26-2)10-6-29-16(17)19-10;/h5-6,9,12,14H,3-4H2,1-2H3,(H2,17,19)(H,18,23)(H,24,25);1H/b20-11+;/t9-,12?,14-;/m1./s1. The minimum absolute atomic E-state index is 0. The van der Waals surface area contributed by atoms with E-state index >= 15 is 0 Å². The molecule has 1 aromatic heterocycles. The summed E-state index contributed by atoms with van der Waals surface area (Å²) >= 11 is 2.53. The summed E-state index contributed by atoms with van der Waals surface area (Å²) in [5.41, 5.74) is 6.38. The van der Waals surface area contributed by atoms with E-state index in [0.717, 1.165) is 0 Å². The van der Waals surface area contributed by atoms with Crippen molar-refractivity contribution in [1.82, 2.24) is 15.2 Å². The first-order valence-electron chi connectivity index (χ1n) is 8.41. The van der Waals surface area contributed by atoms with Crippen LogP contribution in [0.4, 0.5) is 9.84 Å². The molecule has 1 aromatic rings. The van der Waals surface area contributed by atoms with Gasteiger partial charge < -0.3 is 25.7 Å². The predicted molar refractivity (Wildman–Crippen MR) is 109 cm³/mol. The molecule has 3 heterocycles. The second-order valence-corrected chi connectivity index (χ2v) is 8.09. The van der Waals surface area contributed by atoms with Gasteiger partial charge in [0, 0.05) is 24.4 Å². The molecule has 11 nitrogen and oxygen atoms in total. The number of fused-ring (bicyclic) bond motifs is 1. The summed E-state index contributed by atoms with van der Waals surface area (Å²) < 4.78 is 4.94. The molecule has 30 heavy (non-hydrogen) atoms. The summed E-state index contributed by atoms with van der Waals surface area (Å²) in [5.74, 6) is -2.02. The summed E-state index contributed by atoms with van der Waals surface area (Å²) in [6, 6.07) is -1.22. The van der Waals surface area contributed by atoms with Crippen molar-refractivity contribution in [3.8, 4) is 0 Å². The molecule has 1 unspecified atom stereocenters. The van der Waals surface area contributed by atoms with Crippen molar-refractivity contribution < 1.29 is 33.8 Å². The highest BCUT2D eigenvalue weighted by Gasteiger charge is 2.50. The van der Waals surface area contributed by atoms with Crippen LogP contribution in [0.1, 0.15) is 12.6 Å². The number of rotatable bonds is 7. The molecule has 2 aliphatic heterocycles. The van der Waals surface area contributed by atoms with Crippen molar-refractivity contribution in [3.05, 3.63) is 22.1 Å². The van der Waals surface area contributed by atoms with Gasteiger partial charge in [0.1, 0.15) is 25.5 Å². The smallest absolute Gasteiger partial charge is 0.325 e. The number of carbonyl (C=O) groups is 3. The van der Waals surface area contributed by atoms with E-state index < -0.39 is 23.9 Å². The molecule has 14 heteroatoms. The fraction of sp³-hybridized carbons (Fsp3) is 0.438. The van der Waals surface area contributed by atoms with E-state index in [1.54, 1.807) is 15.7 Å². The lowest BCUT2D eigenvalue weighted by molar-refractivity contribution is -0.147. The maximum Gasteiger partial charge on any atom is 0.325 e. The van der Waals surface area contributed by atoms with Crippen LogP contribution in [0.15, 0.2) is 21.5 Å². The Balaban J connectivity index is 0.00000320. The Hall–Kier alpha value is -2.71. The van der Waals surface area contributed by atoms with Crippen LogP contribution in [-0.2, 0) is 24.0 Å². The maximum absolute atomic E-state index is 12.7. The van der Waals surface area contributed by atoms with E-state index in [4.69, 9.17) is 15.3 Å². The molecule has 0 radical (unpaired) electrons. The first-order chi connectivity index (χ1) is 13.8. The van der Waals surface area contributed by atoms with Crippen LogP contribution in [0, 0.1) is 0 Å². The first-order valence-corrected chi connectivity index (χ1v) is 10.2. The number of carboxylic acid groups (broad SMARTS) is 1. The van der Waals surface area contributed by atoms with Crippen molar-refractivity contribution in [1.29, 1.82) is 0 Å². The molecule has 1 fully saturated rings. The third kappa shape index (κ3) is 4.88. The van der Waals surface area contributed by atoms with Gasteiger partial charge in [-0.25, -0.2) is 4.98 Å². The monoisotopic (exact) mass is 461 g/mol. The number of nitrogens with two attached hydrogens (primary N) is 1. The molecule has 0 aromatic carbocycles. The molecule has 1 amide bonds. The zero-order chi connectivity index (χ0) is 21.1. The minimum Gasteiger partial charge on any atom is -0.480 e. The van der Waals surface area contributed by atoms with E-state index in [1.165, 1.54) is 37.1 Å².